The Bertz CT molecular complexity index is 1060. The second-order valence-electron chi connectivity index (χ2n) is 7.64. The molecule has 4 N–H and O–H groups in total. The maximum absolute atomic E-state index is 12.3. The Hall–Kier alpha value is -3.42. The number of carboxylic acids is 1. The number of amides is 1. The van der Waals surface area contributed by atoms with E-state index >= 15 is 0 Å². The Morgan fingerprint density at radius 3 is 2.31 bits per heavy atom. The summed E-state index contributed by atoms with van der Waals surface area (Å²) >= 11 is 5.95. The molecule has 7 nitrogen and oxygen atoms in total. The molecule has 0 aromatic heterocycles. The number of halogens is 4. The van der Waals surface area contributed by atoms with E-state index in [9.17, 15) is 22.8 Å². The first kappa shape index (κ1) is 29.6. The highest BCUT2D eigenvalue weighted by Crippen LogP contribution is 2.16. The van der Waals surface area contributed by atoms with Gasteiger partial charge in [-0.15, -0.1) is 0 Å². The average Bonchev–Trinajstić information content (AvgIpc) is 2.81. The molecule has 2 rings (SSSR count). The van der Waals surface area contributed by atoms with Crippen molar-refractivity contribution in [3.05, 3.63) is 70.2 Å². The molecular weight excluding hydrogens is 487 g/mol. The number of alkyl halides is 3. The van der Waals surface area contributed by atoms with Gasteiger partial charge in [-0.2, -0.15) is 18.4 Å². The van der Waals surface area contributed by atoms with Crippen LogP contribution in [0.2, 0.25) is 5.02 Å². The van der Waals surface area contributed by atoms with Gasteiger partial charge in [0.25, 0.3) is 0 Å². The highest BCUT2D eigenvalue weighted by Gasteiger charge is 2.38. The molecular formula is C24H25ClF3N3O4. The number of nitrogens with two attached hydrogens (primary N) is 1. The van der Waals surface area contributed by atoms with Crippen molar-refractivity contribution in [3.63, 3.8) is 0 Å². The molecule has 0 bridgehead atoms. The molecule has 0 fully saturated rings. The van der Waals surface area contributed by atoms with Crippen molar-refractivity contribution in [2.24, 2.45) is 11.7 Å². The van der Waals surface area contributed by atoms with Crippen LogP contribution in [0.25, 0.3) is 0 Å². The van der Waals surface area contributed by atoms with Gasteiger partial charge in [0.2, 0.25) is 5.91 Å². The fourth-order valence-electron chi connectivity index (χ4n) is 2.85. The topological polar surface area (TPSA) is 133 Å². The Morgan fingerprint density at radius 2 is 1.77 bits per heavy atom. The molecule has 0 unspecified atom stereocenters. The van der Waals surface area contributed by atoms with E-state index in [1.54, 1.807) is 25.1 Å². The van der Waals surface area contributed by atoms with Gasteiger partial charge in [-0.3, -0.25) is 9.59 Å². The van der Waals surface area contributed by atoms with Gasteiger partial charge >= 0.3 is 12.1 Å². The number of nitrogens with zero attached hydrogens (tertiary/aromatic N) is 1. The maximum atomic E-state index is 12.3. The van der Waals surface area contributed by atoms with E-state index in [4.69, 9.17) is 32.5 Å². The van der Waals surface area contributed by atoms with Crippen LogP contribution in [0.3, 0.4) is 0 Å². The van der Waals surface area contributed by atoms with Crippen LogP contribution in [0, 0.1) is 17.2 Å². The lowest BCUT2D eigenvalue weighted by atomic mass is 9.96. The zero-order valence-electron chi connectivity index (χ0n) is 18.8. The van der Waals surface area contributed by atoms with E-state index < -0.39 is 24.1 Å². The second-order valence-corrected chi connectivity index (χ2v) is 8.07. The van der Waals surface area contributed by atoms with Gasteiger partial charge in [0, 0.05) is 23.9 Å². The van der Waals surface area contributed by atoms with Gasteiger partial charge in [0.1, 0.15) is 5.78 Å². The number of carbonyl (C=O) groups is 3. The van der Waals surface area contributed by atoms with E-state index in [0.717, 1.165) is 12.0 Å². The smallest absolute Gasteiger partial charge is 0.475 e. The van der Waals surface area contributed by atoms with Gasteiger partial charge in [-0.25, -0.2) is 4.79 Å². The van der Waals surface area contributed by atoms with Crippen LogP contribution in [0.4, 0.5) is 13.2 Å². The Labute approximate surface area is 205 Å². The number of aliphatic carboxylic acids is 1. The van der Waals surface area contributed by atoms with Gasteiger partial charge in [0.15, 0.2) is 0 Å². The van der Waals surface area contributed by atoms with Crippen molar-refractivity contribution in [2.75, 3.05) is 0 Å². The van der Waals surface area contributed by atoms with Crippen LogP contribution < -0.4 is 11.1 Å². The third-order valence-electron chi connectivity index (χ3n) is 4.84. The van der Waals surface area contributed by atoms with Crippen molar-refractivity contribution in [1.29, 1.82) is 5.26 Å². The summed E-state index contributed by atoms with van der Waals surface area (Å²) in [6.07, 6.45) is -3.73. The standard InChI is InChI=1S/C22H24ClN3O2.C2HF3O2/c1-15(11-21(27)20(25)10-7-16-5-3-2-4-6-16)22(28)26-14-18-12-19(23)9-8-17(18)13-24;3-2(4,5)1(6)7/h2-6,8-9,12,15,20H,7,10-11,14,25H2,1H3,(H,26,28);(H,6,7)/t15-,20+;/m1./s1. The first-order chi connectivity index (χ1) is 16.3. The molecule has 35 heavy (non-hydrogen) atoms. The number of carbonyl (C=O) groups excluding carboxylic acids is 2. The van der Waals surface area contributed by atoms with Crippen molar-refractivity contribution < 1.29 is 32.7 Å². The fourth-order valence-corrected chi connectivity index (χ4v) is 3.04. The lowest BCUT2D eigenvalue weighted by Crippen LogP contribution is -2.36. The molecule has 0 saturated heterocycles. The summed E-state index contributed by atoms with van der Waals surface area (Å²) in [4.78, 5) is 33.5. The van der Waals surface area contributed by atoms with Crippen LogP contribution in [0.5, 0.6) is 0 Å². The van der Waals surface area contributed by atoms with Crippen molar-refractivity contribution in [1.82, 2.24) is 5.32 Å². The van der Waals surface area contributed by atoms with Crippen LogP contribution >= 0.6 is 11.6 Å². The van der Waals surface area contributed by atoms with Crippen LogP contribution in [0.15, 0.2) is 48.5 Å². The van der Waals surface area contributed by atoms with Crippen molar-refractivity contribution in [3.8, 4) is 6.07 Å². The molecule has 0 heterocycles. The fraction of sp³-hybridized carbons (Fsp3) is 0.333. The molecule has 0 aliphatic carbocycles. The summed E-state index contributed by atoms with van der Waals surface area (Å²) in [6.45, 7) is 1.88. The van der Waals surface area contributed by atoms with Gasteiger partial charge in [0.05, 0.1) is 17.7 Å². The first-order valence-electron chi connectivity index (χ1n) is 10.4. The molecule has 0 aliphatic heterocycles. The van der Waals surface area contributed by atoms with E-state index in [1.165, 1.54) is 0 Å². The summed E-state index contributed by atoms with van der Waals surface area (Å²) in [5.74, 6) is -3.64. The van der Waals surface area contributed by atoms with E-state index in [0.29, 0.717) is 22.6 Å². The molecule has 1 amide bonds. The number of rotatable bonds is 9. The molecule has 188 valence electrons. The van der Waals surface area contributed by atoms with Crippen LogP contribution in [-0.2, 0) is 27.3 Å². The van der Waals surface area contributed by atoms with Crippen LogP contribution in [-0.4, -0.2) is 35.0 Å². The number of Topliss-reactive ketones (excluding diaryl/α,β-unsaturated/α-hetero) is 1. The Balaban J connectivity index is 0.000000762. The normalized spacial score (nSPS) is 12.4. The number of hydrogen-bond acceptors (Lipinski definition) is 5. The summed E-state index contributed by atoms with van der Waals surface area (Å²) < 4.78 is 31.7. The monoisotopic (exact) mass is 511 g/mol. The molecule has 0 aliphatic rings. The zero-order chi connectivity index (χ0) is 26.6. The third kappa shape index (κ3) is 11.0. The minimum Gasteiger partial charge on any atom is -0.475 e. The van der Waals surface area contributed by atoms with Gasteiger partial charge in [-0.1, -0.05) is 48.9 Å². The van der Waals surface area contributed by atoms with E-state index in [2.05, 4.69) is 11.4 Å². The molecule has 0 saturated carbocycles. The lowest BCUT2D eigenvalue weighted by Gasteiger charge is -2.15. The largest absolute Gasteiger partial charge is 0.490 e. The summed E-state index contributed by atoms with van der Waals surface area (Å²) in [6, 6.07) is 16.2. The lowest BCUT2D eigenvalue weighted by molar-refractivity contribution is -0.192. The van der Waals surface area contributed by atoms with E-state index in [1.807, 2.05) is 30.3 Å². The Kier molecular flexibility index (Phi) is 11.9. The van der Waals surface area contributed by atoms with Crippen molar-refractivity contribution in [2.45, 2.75) is 44.9 Å². The molecule has 2 aromatic rings. The van der Waals surface area contributed by atoms with Crippen LogP contribution in [0.1, 0.15) is 36.5 Å². The minimum absolute atomic E-state index is 0.0858. The molecule has 0 spiro atoms. The number of nitrogens with one attached hydrogen (secondary N) is 1. The van der Waals surface area contributed by atoms with Gasteiger partial charge < -0.3 is 16.2 Å². The first-order valence-corrected chi connectivity index (χ1v) is 10.8. The highest BCUT2D eigenvalue weighted by molar-refractivity contribution is 6.30. The summed E-state index contributed by atoms with van der Waals surface area (Å²) in [7, 11) is 0. The molecule has 11 heteroatoms. The Morgan fingerprint density at radius 1 is 1.17 bits per heavy atom. The van der Waals surface area contributed by atoms with Crippen molar-refractivity contribution >= 4 is 29.3 Å². The third-order valence-corrected chi connectivity index (χ3v) is 5.07. The number of benzene rings is 2. The quantitative estimate of drug-likeness (QED) is 0.465. The number of nitriles is 1. The minimum atomic E-state index is -5.08. The predicted molar refractivity (Wildman–Crippen MR) is 123 cm³/mol. The predicted octanol–water partition coefficient (Wildman–Crippen LogP) is 4.02. The molecule has 0 radical (unpaired) electrons. The molecule has 2 atom stereocenters. The number of carboxylic acid groups (broad SMARTS) is 1. The second kappa shape index (κ2) is 14.1. The maximum Gasteiger partial charge on any atom is 0.490 e. The number of hydrogen-bond donors (Lipinski definition) is 3. The average molecular weight is 512 g/mol. The highest BCUT2D eigenvalue weighted by atomic mass is 35.5. The number of ketones is 1. The summed E-state index contributed by atoms with van der Waals surface area (Å²) in [5.41, 5.74) is 8.23. The molecule has 2 aromatic carbocycles. The number of aryl methyl sites for hydroxylation is 1. The SMILES string of the molecule is C[C@H](CC(=O)[C@@H](N)CCc1ccccc1)C(=O)NCc1cc(Cl)ccc1C#N.O=C(O)C(F)(F)F. The zero-order valence-corrected chi connectivity index (χ0v) is 19.6. The van der Waals surface area contributed by atoms with E-state index in [-0.39, 0.29) is 24.7 Å². The summed E-state index contributed by atoms with van der Waals surface area (Å²) in [5, 5.41) is 19.5. The van der Waals surface area contributed by atoms with Gasteiger partial charge in [-0.05, 0) is 42.2 Å².